The highest BCUT2D eigenvalue weighted by molar-refractivity contribution is 8.15. The molecule has 2 amide bonds. The molecule has 0 spiro atoms. The van der Waals surface area contributed by atoms with E-state index in [2.05, 4.69) is 10.3 Å². The molecule has 0 saturated carbocycles. The fraction of sp³-hybridized carbons (Fsp3) is 0.273. The lowest BCUT2D eigenvalue weighted by Crippen LogP contribution is -2.33. The van der Waals surface area contributed by atoms with Crippen molar-refractivity contribution in [2.75, 3.05) is 18.5 Å². The smallest absolute Gasteiger partial charge is 0.338 e. The van der Waals surface area contributed by atoms with Gasteiger partial charge in [-0.05, 0) is 62.4 Å². The van der Waals surface area contributed by atoms with Crippen LogP contribution in [0.3, 0.4) is 0 Å². The molecule has 0 aliphatic carbocycles. The van der Waals surface area contributed by atoms with E-state index in [1.165, 1.54) is 11.8 Å². The second-order valence-corrected chi connectivity index (χ2v) is 8.22. The zero-order valence-electron chi connectivity index (χ0n) is 17.1. The highest BCUT2D eigenvalue weighted by Crippen LogP contribution is 2.31. The van der Waals surface area contributed by atoms with Crippen molar-refractivity contribution >= 4 is 57.7 Å². The normalized spacial score (nSPS) is 17.1. The maximum Gasteiger partial charge on any atom is 0.338 e. The summed E-state index contributed by atoms with van der Waals surface area (Å²) in [5, 5.41) is 3.33. The minimum atomic E-state index is -0.551. The Morgan fingerprint density at radius 1 is 1.13 bits per heavy atom. The third kappa shape index (κ3) is 5.86. The molecule has 1 fully saturated rings. The van der Waals surface area contributed by atoms with Gasteiger partial charge in [0, 0.05) is 23.7 Å². The van der Waals surface area contributed by atoms with Crippen molar-refractivity contribution in [3.63, 3.8) is 0 Å². The number of benzene rings is 2. The van der Waals surface area contributed by atoms with Crippen LogP contribution >= 0.6 is 23.4 Å². The van der Waals surface area contributed by atoms with E-state index in [0.717, 1.165) is 0 Å². The van der Waals surface area contributed by atoms with Crippen molar-refractivity contribution in [3.05, 3.63) is 59.1 Å². The lowest BCUT2D eigenvalue weighted by atomic mass is 10.2. The molecule has 2 aromatic carbocycles. The van der Waals surface area contributed by atoms with Crippen LogP contribution in [-0.2, 0) is 14.3 Å². The molecule has 1 heterocycles. The second kappa shape index (κ2) is 10.5. The van der Waals surface area contributed by atoms with E-state index in [-0.39, 0.29) is 18.2 Å². The predicted molar refractivity (Wildman–Crippen MR) is 123 cm³/mol. The average molecular weight is 460 g/mol. The molecule has 1 saturated heterocycles. The van der Waals surface area contributed by atoms with Crippen LogP contribution in [0.4, 0.5) is 11.4 Å². The number of amidine groups is 1. The summed E-state index contributed by atoms with van der Waals surface area (Å²) >= 11 is 7.11. The van der Waals surface area contributed by atoms with Crippen LogP contribution in [0.15, 0.2) is 53.5 Å². The molecule has 1 aliphatic heterocycles. The zero-order chi connectivity index (χ0) is 22.4. The number of hydrogen-bond acceptors (Lipinski definition) is 6. The molecular weight excluding hydrogens is 438 g/mol. The number of rotatable bonds is 7. The Morgan fingerprint density at radius 3 is 2.42 bits per heavy atom. The van der Waals surface area contributed by atoms with E-state index in [0.29, 0.717) is 40.3 Å². The van der Waals surface area contributed by atoms with Crippen molar-refractivity contribution in [1.29, 1.82) is 0 Å². The Hall–Kier alpha value is -2.84. The number of hydrogen-bond donors (Lipinski definition) is 1. The Bertz CT molecular complexity index is 993. The molecule has 0 radical (unpaired) electrons. The van der Waals surface area contributed by atoms with Gasteiger partial charge in [0.2, 0.25) is 11.8 Å². The van der Waals surface area contributed by atoms with Gasteiger partial charge in [-0.2, -0.15) is 0 Å². The van der Waals surface area contributed by atoms with Crippen LogP contribution in [0.2, 0.25) is 5.02 Å². The fourth-order valence-corrected chi connectivity index (χ4v) is 4.27. The van der Waals surface area contributed by atoms with Gasteiger partial charge in [-0.1, -0.05) is 23.4 Å². The summed E-state index contributed by atoms with van der Waals surface area (Å²) in [6.45, 7) is 4.35. The number of aliphatic imine (C=N–C) groups is 1. The van der Waals surface area contributed by atoms with Crippen molar-refractivity contribution in [1.82, 2.24) is 4.90 Å². The summed E-state index contributed by atoms with van der Waals surface area (Å²) in [4.78, 5) is 43.0. The second-order valence-electron chi connectivity index (χ2n) is 6.61. The number of thioether (sulfide) groups is 1. The summed E-state index contributed by atoms with van der Waals surface area (Å²) in [5.41, 5.74) is 1.66. The summed E-state index contributed by atoms with van der Waals surface area (Å²) < 4.78 is 4.97. The number of ether oxygens (including phenoxy) is 1. The third-order valence-corrected chi connectivity index (χ3v) is 5.87. The third-order valence-electron chi connectivity index (χ3n) is 4.44. The number of halogens is 1. The number of esters is 1. The number of carbonyl (C=O) groups is 3. The van der Waals surface area contributed by atoms with Gasteiger partial charge in [0.05, 0.1) is 17.9 Å². The molecule has 9 heteroatoms. The number of nitrogens with one attached hydrogen (secondary N) is 1. The Kier molecular flexibility index (Phi) is 7.70. The van der Waals surface area contributed by atoms with Gasteiger partial charge < -0.3 is 10.1 Å². The van der Waals surface area contributed by atoms with Crippen LogP contribution < -0.4 is 5.32 Å². The van der Waals surface area contributed by atoms with Crippen molar-refractivity contribution in [2.24, 2.45) is 4.99 Å². The quantitative estimate of drug-likeness (QED) is 0.616. The summed E-state index contributed by atoms with van der Waals surface area (Å²) in [6.07, 6.45) is 0.0312. The van der Waals surface area contributed by atoms with Gasteiger partial charge >= 0.3 is 5.97 Å². The molecule has 2 aromatic rings. The Labute approximate surface area is 189 Å². The van der Waals surface area contributed by atoms with Crippen LogP contribution in [0.1, 0.15) is 30.6 Å². The Balaban J connectivity index is 1.68. The largest absolute Gasteiger partial charge is 0.462 e. The SMILES string of the molecule is CCOC(=O)c1ccc(N=C2S[C@H](CC(=O)Nc3ccc(Cl)cc3)C(=O)N2CC)cc1. The number of nitrogens with zero attached hydrogens (tertiary/aromatic N) is 2. The van der Waals surface area contributed by atoms with E-state index < -0.39 is 11.2 Å². The lowest BCUT2D eigenvalue weighted by Gasteiger charge is -2.13. The summed E-state index contributed by atoms with van der Waals surface area (Å²) in [7, 11) is 0. The van der Waals surface area contributed by atoms with Gasteiger partial charge in [-0.25, -0.2) is 9.79 Å². The molecule has 7 nitrogen and oxygen atoms in total. The first-order valence-electron chi connectivity index (χ1n) is 9.80. The topological polar surface area (TPSA) is 88.1 Å². The molecule has 0 bridgehead atoms. The van der Waals surface area contributed by atoms with E-state index >= 15 is 0 Å². The first kappa shape index (κ1) is 22.8. The van der Waals surface area contributed by atoms with Crippen LogP contribution in [-0.4, -0.2) is 46.3 Å². The van der Waals surface area contributed by atoms with Gasteiger partial charge in [-0.15, -0.1) is 0 Å². The number of anilines is 1. The van der Waals surface area contributed by atoms with Gasteiger partial charge in [0.1, 0.15) is 5.25 Å². The van der Waals surface area contributed by atoms with Crippen molar-refractivity contribution in [3.8, 4) is 0 Å². The van der Waals surface area contributed by atoms with E-state index in [1.807, 2.05) is 6.92 Å². The predicted octanol–water partition coefficient (Wildman–Crippen LogP) is 4.50. The van der Waals surface area contributed by atoms with Gasteiger partial charge in [0.15, 0.2) is 5.17 Å². The van der Waals surface area contributed by atoms with Crippen molar-refractivity contribution in [2.45, 2.75) is 25.5 Å². The summed E-state index contributed by atoms with van der Waals surface area (Å²) in [5.74, 6) is -0.806. The fourth-order valence-electron chi connectivity index (χ4n) is 2.93. The maximum atomic E-state index is 12.8. The molecule has 1 atom stereocenters. The highest BCUT2D eigenvalue weighted by Gasteiger charge is 2.38. The monoisotopic (exact) mass is 459 g/mol. The van der Waals surface area contributed by atoms with Crippen LogP contribution in [0.25, 0.3) is 0 Å². The van der Waals surface area contributed by atoms with Crippen molar-refractivity contribution < 1.29 is 19.1 Å². The standard InChI is InChI=1S/C22H22ClN3O4S/c1-3-26-20(28)18(13-19(27)24-16-11-7-15(23)8-12-16)31-22(26)25-17-9-5-14(6-10-17)21(29)30-4-2/h5-12,18H,3-4,13H2,1-2H3,(H,24,27)/t18-/m1/s1. The van der Waals surface area contributed by atoms with Gasteiger partial charge in [-0.3, -0.25) is 14.5 Å². The maximum absolute atomic E-state index is 12.8. The van der Waals surface area contributed by atoms with Gasteiger partial charge in [0.25, 0.3) is 0 Å². The average Bonchev–Trinajstić information content (AvgIpc) is 3.04. The van der Waals surface area contributed by atoms with Crippen LogP contribution in [0.5, 0.6) is 0 Å². The van der Waals surface area contributed by atoms with Crippen LogP contribution in [0, 0.1) is 0 Å². The molecule has 3 rings (SSSR count). The molecular formula is C22H22ClN3O4S. The number of carbonyl (C=O) groups excluding carboxylic acids is 3. The number of amides is 2. The lowest BCUT2D eigenvalue weighted by molar-refractivity contribution is -0.128. The first-order valence-corrected chi connectivity index (χ1v) is 11.1. The minimum absolute atomic E-state index is 0.0312. The summed E-state index contributed by atoms with van der Waals surface area (Å²) in [6, 6.07) is 13.4. The van der Waals surface area contributed by atoms with E-state index in [9.17, 15) is 14.4 Å². The zero-order valence-corrected chi connectivity index (χ0v) is 18.7. The molecule has 0 unspecified atom stereocenters. The first-order chi connectivity index (χ1) is 14.9. The highest BCUT2D eigenvalue weighted by atomic mass is 35.5. The Morgan fingerprint density at radius 2 is 1.81 bits per heavy atom. The molecule has 31 heavy (non-hydrogen) atoms. The van der Waals surface area contributed by atoms with E-state index in [1.54, 1.807) is 60.4 Å². The molecule has 1 aliphatic rings. The molecule has 162 valence electrons. The molecule has 1 N–H and O–H groups in total. The van der Waals surface area contributed by atoms with E-state index in [4.69, 9.17) is 16.3 Å². The molecule has 0 aromatic heterocycles. The minimum Gasteiger partial charge on any atom is -0.462 e.